The lowest BCUT2D eigenvalue weighted by Crippen LogP contribution is -2.24. The molecule has 0 bridgehead atoms. The Kier molecular flexibility index (Phi) is 11.7. The highest BCUT2D eigenvalue weighted by atomic mass is 19.3. The normalized spacial score (nSPS) is 11.8. The lowest BCUT2D eigenvalue weighted by Gasteiger charge is -2.17. The summed E-state index contributed by atoms with van der Waals surface area (Å²) in [5, 5.41) is 40.1. The molecule has 0 amide bonds. The number of aliphatic hydroxyl groups is 1. The van der Waals surface area contributed by atoms with Crippen LogP contribution in [0.3, 0.4) is 0 Å². The van der Waals surface area contributed by atoms with E-state index >= 15 is 0 Å². The number of aromatic hydroxyl groups is 1. The predicted molar refractivity (Wildman–Crippen MR) is 155 cm³/mol. The Morgan fingerprint density at radius 1 is 0.907 bits per heavy atom. The van der Waals surface area contributed by atoms with Crippen LogP contribution in [0.5, 0.6) is 11.5 Å². The van der Waals surface area contributed by atoms with Crippen LogP contribution in [-0.4, -0.2) is 57.0 Å². The minimum absolute atomic E-state index is 0.0576. The molecule has 0 aliphatic heterocycles. The van der Waals surface area contributed by atoms with Gasteiger partial charge in [-0.25, -0.2) is 0 Å². The van der Waals surface area contributed by atoms with Gasteiger partial charge in [-0.15, -0.1) is 0 Å². The fraction of sp³-hybridized carbons (Fsp3) is 0.258. The molecule has 1 atom stereocenters. The molecule has 0 unspecified atom stereocenters. The summed E-state index contributed by atoms with van der Waals surface area (Å²) in [6, 6.07) is 20.5. The van der Waals surface area contributed by atoms with Crippen molar-refractivity contribution in [3.8, 4) is 11.5 Å². The number of benzene rings is 3. The third kappa shape index (κ3) is 10.2. The van der Waals surface area contributed by atoms with Gasteiger partial charge in [0, 0.05) is 23.6 Å². The van der Waals surface area contributed by atoms with Crippen LogP contribution < -0.4 is 15.6 Å². The second-order valence-corrected chi connectivity index (χ2v) is 9.55. The number of aromatic nitrogens is 1. The highest BCUT2D eigenvalue weighted by Crippen LogP contribution is 2.29. The van der Waals surface area contributed by atoms with Crippen LogP contribution in [0.2, 0.25) is 0 Å². The zero-order valence-electron chi connectivity index (χ0n) is 23.0. The van der Waals surface area contributed by atoms with Crippen molar-refractivity contribution in [2.24, 2.45) is 0 Å². The van der Waals surface area contributed by atoms with Gasteiger partial charge in [-0.1, -0.05) is 48.5 Å². The third-order valence-corrected chi connectivity index (χ3v) is 6.29. The van der Waals surface area contributed by atoms with Crippen LogP contribution in [0, 0.1) is 0 Å². The largest absolute Gasteiger partial charge is 0.506 e. The average molecular weight is 599 g/mol. The van der Waals surface area contributed by atoms with Crippen molar-refractivity contribution in [3.05, 3.63) is 106 Å². The van der Waals surface area contributed by atoms with Gasteiger partial charge in [0.1, 0.15) is 11.5 Å². The highest BCUT2D eigenvalue weighted by Gasteiger charge is 2.32. The molecule has 1 aromatic heterocycles. The van der Waals surface area contributed by atoms with Gasteiger partial charge in [-0.2, -0.15) is 8.78 Å². The van der Waals surface area contributed by atoms with Gasteiger partial charge in [0.2, 0.25) is 5.56 Å². The average Bonchev–Trinajstić information content (AvgIpc) is 2.99. The smallest absolute Gasteiger partial charge is 0.306 e. The molecule has 228 valence electrons. The Morgan fingerprint density at radius 3 is 2.19 bits per heavy atom. The fourth-order valence-electron chi connectivity index (χ4n) is 4.04. The third-order valence-electron chi connectivity index (χ3n) is 6.29. The number of carbonyl (C=O) groups is 2. The number of phenols is 1. The molecule has 12 heteroatoms. The van der Waals surface area contributed by atoms with Crippen LogP contribution >= 0.6 is 0 Å². The number of halogens is 2. The molecule has 0 aliphatic rings. The van der Waals surface area contributed by atoms with Crippen LogP contribution in [0.4, 0.5) is 8.78 Å². The SMILES string of the molecule is O=C(O)CCC(=O)O.O=c1ccc2c([C@@H](O)CNCCc3ccc(OCC(F)(F)c4ccccc4)cc3)ccc(O)c2[nH]1. The summed E-state index contributed by atoms with van der Waals surface area (Å²) in [7, 11) is 0. The molecule has 0 spiro atoms. The van der Waals surface area contributed by atoms with Crippen molar-refractivity contribution in [3.63, 3.8) is 0 Å². The number of ether oxygens (including phenoxy) is 1. The van der Waals surface area contributed by atoms with Crippen LogP contribution in [0.25, 0.3) is 10.9 Å². The van der Waals surface area contributed by atoms with Gasteiger partial charge in [0.05, 0.1) is 24.5 Å². The van der Waals surface area contributed by atoms with Gasteiger partial charge in [0.25, 0.3) is 0 Å². The number of nitrogens with one attached hydrogen (secondary N) is 2. The summed E-state index contributed by atoms with van der Waals surface area (Å²) in [4.78, 5) is 33.4. The number of phenolic OH excluding ortho intramolecular Hbond substituents is 1. The zero-order chi connectivity index (χ0) is 31.4. The van der Waals surface area contributed by atoms with E-state index in [9.17, 15) is 33.4 Å². The molecular formula is C31H32F2N2O8. The van der Waals surface area contributed by atoms with Gasteiger partial charge >= 0.3 is 17.9 Å². The number of aliphatic hydroxyl groups excluding tert-OH is 1. The topological polar surface area (TPSA) is 169 Å². The van der Waals surface area contributed by atoms with Crippen molar-refractivity contribution in [2.45, 2.75) is 31.3 Å². The molecule has 4 rings (SSSR count). The van der Waals surface area contributed by atoms with Crippen LogP contribution in [0.15, 0.2) is 83.7 Å². The molecule has 4 aromatic rings. The van der Waals surface area contributed by atoms with Crippen molar-refractivity contribution in [1.82, 2.24) is 10.3 Å². The van der Waals surface area contributed by atoms with Crippen molar-refractivity contribution in [1.29, 1.82) is 0 Å². The number of fused-ring (bicyclic) bond motifs is 1. The van der Waals surface area contributed by atoms with Crippen LogP contribution in [0.1, 0.15) is 35.6 Å². The van der Waals surface area contributed by atoms with E-state index in [-0.39, 0.29) is 41.8 Å². The Balaban J connectivity index is 0.000000557. The number of H-pyrrole nitrogens is 1. The van der Waals surface area contributed by atoms with Gasteiger partial charge in [-0.3, -0.25) is 14.4 Å². The maximum absolute atomic E-state index is 14.3. The van der Waals surface area contributed by atoms with E-state index in [2.05, 4.69) is 10.3 Å². The standard InChI is InChI=1S/C27H26F2N2O4.C4H6O4/c28-27(29,19-4-2-1-3-5-19)17-35-20-8-6-18(7-9-20)14-15-30-16-24(33)21-10-12-23(32)26-22(21)11-13-25(34)31-26;5-3(6)1-2-4(7)8/h1-13,24,30,32-33H,14-17H2,(H,31,34);1-2H2,(H,5,6)(H,7,8)/t24-;/m0./s1. The van der Waals surface area contributed by atoms with Crippen molar-refractivity contribution >= 4 is 22.8 Å². The number of aliphatic carboxylic acids is 2. The van der Waals surface area contributed by atoms with E-state index in [4.69, 9.17) is 14.9 Å². The molecule has 0 radical (unpaired) electrons. The quantitative estimate of drug-likeness (QED) is 0.124. The molecule has 1 heterocycles. The number of hydrogen-bond donors (Lipinski definition) is 6. The maximum Gasteiger partial charge on any atom is 0.306 e. The summed E-state index contributed by atoms with van der Waals surface area (Å²) in [6.45, 7) is 0.112. The number of hydrogen-bond acceptors (Lipinski definition) is 7. The maximum atomic E-state index is 14.3. The lowest BCUT2D eigenvalue weighted by molar-refractivity contribution is -0.143. The lowest BCUT2D eigenvalue weighted by atomic mass is 10.0. The molecular weight excluding hydrogens is 566 g/mol. The Labute approximate surface area is 245 Å². The molecule has 0 fully saturated rings. The summed E-state index contributed by atoms with van der Waals surface area (Å²) < 4.78 is 33.8. The second-order valence-electron chi connectivity index (χ2n) is 9.55. The van der Waals surface area contributed by atoms with Crippen LogP contribution in [-0.2, 0) is 21.9 Å². The summed E-state index contributed by atoms with van der Waals surface area (Å²) in [5.74, 6) is -4.93. The molecule has 0 aliphatic carbocycles. The first-order chi connectivity index (χ1) is 20.5. The summed E-state index contributed by atoms with van der Waals surface area (Å²) >= 11 is 0. The first-order valence-corrected chi connectivity index (χ1v) is 13.3. The Bertz CT molecular complexity index is 1550. The molecule has 0 saturated heterocycles. The van der Waals surface area contributed by atoms with E-state index in [1.807, 2.05) is 12.1 Å². The number of aromatic amines is 1. The zero-order valence-corrected chi connectivity index (χ0v) is 23.0. The molecule has 6 N–H and O–H groups in total. The predicted octanol–water partition coefficient (Wildman–Crippen LogP) is 4.21. The minimum atomic E-state index is -3.08. The van der Waals surface area contributed by atoms with Crippen molar-refractivity contribution in [2.75, 3.05) is 19.7 Å². The fourth-order valence-corrected chi connectivity index (χ4v) is 4.04. The number of alkyl halides is 2. The van der Waals surface area contributed by atoms with E-state index in [1.54, 1.807) is 42.5 Å². The second kappa shape index (κ2) is 15.4. The molecule has 3 aromatic carbocycles. The first kappa shape index (κ1) is 32.7. The molecule has 10 nitrogen and oxygen atoms in total. The Morgan fingerprint density at radius 2 is 1.56 bits per heavy atom. The Hall–Kier alpha value is -4.81. The molecule has 0 saturated carbocycles. The first-order valence-electron chi connectivity index (χ1n) is 13.3. The van der Waals surface area contributed by atoms with E-state index in [1.165, 1.54) is 24.3 Å². The van der Waals surface area contributed by atoms with Gasteiger partial charge in [0.15, 0.2) is 6.61 Å². The monoisotopic (exact) mass is 598 g/mol. The van der Waals surface area contributed by atoms with Gasteiger partial charge < -0.3 is 35.5 Å². The summed E-state index contributed by atoms with van der Waals surface area (Å²) in [6.07, 6.45) is -0.771. The minimum Gasteiger partial charge on any atom is -0.506 e. The molecule has 43 heavy (non-hydrogen) atoms. The van der Waals surface area contributed by atoms with Gasteiger partial charge in [-0.05, 0) is 48.4 Å². The van der Waals surface area contributed by atoms with Crippen molar-refractivity contribution < 1.29 is 43.5 Å². The van der Waals surface area contributed by atoms with E-state index in [0.717, 1.165) is 5.56 Å². The highest BCUT2D eigenvalue weighted by molar-refractivity contribution is 5.87. The van der Waals surface area contributed by atoms with E-state index < -0.39 is 30.6 Å². The number of rotatable bonds is 13. The number of pyridine rings is 1. The van der Waals surface area contributed by atoms with E-state index in [0.29, 0.717) is 29.7 Å². The summed E-state index contributed by atoms with van der Waals surface area (Å²) in [5.41, 5.74) is 1.45. The number of carboxylic acids is 2. The number of carboxylic acid groups (broad SMARTS) is 2.